The average molecular weight is 268 g/mol. The maximum Gasteiger partial charge on any atom is 0.327 e. The van der Waals surface area contributed by atoms with Gasteiger partial charge in [-0.2, -0.15) is 4.39 Å². The predicted molar refractivity (Wildman–Crippen MR) is 69.9 cm³/mol. The van der Waals surface area contributed by atoms with Crippen LogP contribution >= 0.6 is 0 Å². The SMILES string of the molecule is CCC1(C)CN(c2cccc(F)c2[N+](=O)[O-])CCO1. The first-order valence-corrected chi connectivity index (χ1v) is 6.28. The van der Waals surface area contributed by atoms with Gasteiger partial charge in [-0.15, -0.1) is 0 Å². The third-order valence-corrected chi connectivity index (χ3v) is 3.57. The topological polar surface area (TPSA) is 55.6 Å². The van der Waals surface area contributed by atoms with Crippen molar-refractivity contribution in [3.8, 4) is 0 Å². The Morgan fingerprint density at radius 1 is 1.58 bits per heavy atom. The molecule has 1 unspecified atom stereocenters. The number of nitro groups is 1. The number of hydrogen-bond acceptors (Lipinski definition) is 4. The molecule has 6 heteroatoms. The summed E-state index contributed by atoms with van der Waals surface area (Å²) in [5, 5.41) is 11.0. The van der Waals surface area contributed by atoms with Gasteiger partial charge in [0.05, 0.1) is 17.1 Å². The predicted octanol–water partition coefficient (Wildman–Crippen LogP) is 2.74. The Hall–Kier alpha value is -1.69. The van der Waals surface area contributed by atoms with E-state index in [1.807, 2.05) is 18.7 Å². The quantitative estimate of drug-likeness (QED) is 0.624. The van der Waals surface area contributed by atoms with Gasteiger partial charge >= 0.3 is 5.69 Å². The molecule has 1 fully saturated rings. The van der Waals surface area contributed by atoms with Gasteiger partial charge in [-0.05, 0) is 25.5 Å². The number of ether oxygens (including phenoxy) is 1. The Morgan fingerprint density at radius 2 is 2.32 bits per heavy atom. The van der Waals surface area contributed by atoms with E-state index in [1.54, 1.807) is 6.07 Å². The fraction of sp³-hybridized carbons (Fsp3) is 0.538. The fourth-order valence-electron chi connectivity index (χ4n) is 2.29. The second-order valence-corrected chi connectivity index (χ2v) is 4.94. The maximum atomic E-state index is 13.6. The van der Waals surface area contributed by atoms with Crippen LogP contribution < -0.4 is 4.90 Å². The van der Waals surface area contributed by atoms with Gasteiger partial charge in [0, 0.05) is 13.1 Å². The fourth-order valence-corrected chi connectivity index (χ4v) is 2.29. The highest BCUT2D eigenvalue weighted by Gasteiger charge is 2.34. The molecule has 0 aromatic heterocycles. The second-order valence-electron chi connectivity index (χ2n) is 4.94. The molecule has 0 spiro atoms. The van der Waals surface area contributed by atoms with Crippen LogP contribution in [0.15, 0.2) is 18.2 Å². The summed E-state index contributed by atoms with van der Waals surface area (Å²) in [6.07, 6.45) is 0.798. The Kier molecular flexibility index (Phi) is 3.71. The highest BCUT2D eigenvalue weighted by atomic mass is 19.1. The molecule has 0 saturated carbocycles. The van der Waals surface area contributed by atoms with Crippen LogP contribution in [0.5, 0.6) is 0 Å². The summed E-state index contributed by atoms with van der Waals surface area (Å²) in [6, 6.07) is 4.19. The molecule has 1 aromatic rings. The van der Waals surface area contributed by atoms with Crippen molar-refractivity contribution in [2.75, 3.05) is 24.6 Å². The molecule has 1 aliphatic heterocycles. The largest absolute Gasteiger partial charge is 0.372 e. The third kappa shape index (κ3) is 2.68. The smallest absolute Gasteiger partial charge is 0.327 e. The molecule has 1 heterocycles. The molecule has 0 N–H and O–H groups in total. The molecule has 104 valence electrons. The molecule has 19 heavy (non-hydrogen) atoms. The van der Waals surface area contributed by atoms with Crippen LogP contribution in [-0.4, -0.2) is 30.2 Å². The van der Waals surface area contributed by atoms with E-state index >= 15 is 0 Å². The Balaban J connectivity index is 2.37. The number of para-hydroxylation sites is 1. The van der Waals surface area contributed by atoms with Gasteiger partial charge in [-0.3, -0.25) is 10.1 Å². The van der Waals surface area contributed by atoms with E-state index in [2.05, 4.69) is 0 Å². The van der Waals surface area contributed by atoms with Crippen molar-refractivity contribution in [3.63, 3.8) is 0 Å². The van der Waals surface area contributed by atoms with Crippen LogP contribution in [0.25, 0.3) is 0 Å². The zero-order valence-electron chi connectivity index (χ0n) is 11.1. The Labute approximate surface area is 111 Å². The summed E-state index contributed by atoms with van der Waals surface area (Å²) >= 11 is 0. The lowest BCUT2D eigenvalue weighted by Gasteiger charge is -2.40. The summed E-state index contributed by atoms with van der Waals surface area (Å²) in [5.41, 5.74) is -0.478. The van der Waals surface area contributed by atoms with E-state index in [0.717, 1.165) is 12.5 Å². The molecule has 2 rings (SSSR count). The van der Waals surface area contributed by atoms with Crippen LogP contribution in [0.3, 0.4) is 0 Å². The minimum atomic E-state index is -0.799. The summed E-state index contributed by atoms with van der Waals surface area (Å²) < 4.78 is 19.3. The molecule has 1 aliphatic rings. The molecule has 1 saturated heterocycles. The van der Waals surface area contributed by atoms with Gasteiger partial charge in [0.1, 0.15) is 5.69 Å². The lowest BCUT2D eigenvalue weighted by atomic mass is 10.0. The summed E-state index contributed by atoms with van der Waals surface area (Å²) in [4.78, 5) is 12.2. The Morgan fingerprint density at radius 3 is 2.95 bits per heavy atom. The first-order chi connectivity index (χ1) is 8.97. The van der Waals surface area contributed by atoms with Crippen LogP contribution in [0, 0.1) is 15.9 Å². The van der Waals surface area contributed by atoms with Crippen molar-refractivity contribution < 1.29 is 14.1 Å². The van der Waals surface area contributed by atoms with E-state index in [0.29, 0.717) is 25.4 Å². The Bertz CT molecular complexity index is 495. The van der Waals surface area contributed by atoms with Crippen molar-refractivity contribution >= 4 is 11.4 Å². The lowest BCUT2D eigenvalue weighted by molar-refractivity contribution is -0.386. The standard InChI is InChI=1S/C13H17FN2O3/c1-3-13(2)9-15(7-8-19-13)11-6-4-5-10(14)12(11)16(17)18/h4-6H,3,7-9H2,1-2H3. The summed E-state index contributed by atoms with van der Waals surface area (Å²) in [5.74, 6) is -0.799. The zero-order valence-corrected chi connectivity index (χ0v) is 11.1. The van der Waals surface area contributed by atoms with Gasteiger partial charge < -0.3 is 9.64 Å². The minimum Gasteiger partial charge on any atom is -0.372 e. The highest BCUT2D eigenvalue weighted by Crippen LogP contribution is 2.34. The minimum absolute atomic E-state index is 0.327. The molecule has 0 bridgehead atoms. The first kappa shape index (κ1) is 13.7. The van der Waals surface area contributed by atoms with Gasteiger partial charge in [0.2, 0.25) is 5.82 Å². The van der Waals surface area contributed by atoms with Gasteiger partial charge in [0.25, 0.3) is 0 Å². The monoisotopic (exact) mass is 268 g/mol. The molecule has 0 aliphatic carbocycles. The molecule has 0 radical (unpaired) electrons. The van der Waals surface area contributed by atoms with Crippen molar-refractivity contribution in [1.82, 2.24) is 0 Å². The van der Waals surface area contributed by atoms with E-state index in [-0.39, 0.29) is 5.60 Å². The summed E-state index contributed by atoms with van der Waals surface area (Å²) in [7, 11) is 0. The number of benzene rings is 1. The lowest BCUT2D eigenvalue weighted by Crippen LogP contribution is -2.50. The van der Waals surface area contributed by atoms with Gasteiger partial charge in [-0.1, -0.05) is 13.0 Å². The molecular weight excluding hydrogens is 251 g/mol. The van der Waals surface area contributed by atoms with Crippen LogP contribution in [0.4, 0.5) is 15.8 Å². The average Bonchev–Trinajstić information content (AvgIpc) is 2.38. The van der Waals surface area contributed by atoms with Crippen LogP contribution in [0.2, 0.25) is 0 Å². The summed E-state index contributed by atoms with van der Waals surface area (Å²) in [6.45, 7) is 5.50. The van der Waals surface area contributed by atoms with Crippen LogP contribution in [0.1, 0.15) is 20.3 Å². The first-order valence-electron chi connectivity index (χ1n) is 6.28. The van der Waals surface area contributed by atoms with Gasteiger partial charge in [-0.25, -0.2) is 0 Å². The number of halogens is 1. The van der Waals surface area contributed by atoms with Gasteiger partial charge in [0.15, 0.2) is 0 Å². The molecule has 5 nitrogen and oxygen atoms in total. The van der Waals surface area contributed by atoms with E-state index in [1.165, 1.54) is 6.07 Å². The number of morpholine rings is 1. The van der Waals surface area contributed by atoms with E-state index in [4.69, 9.17) is 4.74 Å². The molecule has 0 amide bonds. The number of hydrogen-bond donors (Lipinski definition) is 0. The number of nitro benzene ring substituents is 1. The van der Waals surface area contributed by atoms with Crippen molar-refractivity contribution in [2.24, 2.45) is 0 Å². The normalized spacial score (nSPS) is 23.4. The highest BCUT2D eigenvalue weighted by molar-refractivity contribution is 5.64. The van der Waals surface area contributed by atoms with Crippen LogP contribution in [-0.2, 0) is 4.74 Å². The maximum absolute atomic E-state index is 13.6. The van der Waals surface area contributed by atoms with Crippen molar-refractivity contribution in [3.05, 3.63) is 34.1 Å². The zero-order chi connectivity index (χ0) is 14.0. The molecule has 1 aromatic carbocycles. The van der Waals surface area contributed by atoms with Crippen molar-refractivity contribution in [2.45, 2.75) is 25.9 Å². The van der Waals surface area contributed by atoms with E-state index in [9.17, 15) is 14.5 Å². The number of rotatable bonds is 3. The van der Waals surface area contributed by atoms with E-state index < -0.39 is 16.4 Å². The third-order valence-electron chi connectivity index (χ3n) is 3.57. The second kappa shape index (κ2) is 5.13. The van der Waals surface area contributed by atoms with Crippen molar-refractivity contribution in [1.29, 1.82) is 0 Å². The number of nitrogens with zero attached hydrogens (tertiary/aromatic N) is 2. The molecular formula is C13H17FN2O3. The number of anilines is 1. The molecule has 1 atom stereocenters.